The third kappa shape index (κ3) is 2.37. The minimum atomic E-state index is -3.96. The van der Waals surface area contributed by atoms with E-state index >= 15 is 0 Å². The van der Waals surface area contributed by atoms with Crippen molar-refractivity contribution >= 4 is 21.9 Å². The van der Waals surface area contributed by atoms with E-state index in [4.69, 9.17) is 5.11 Å². The van der Waals surface area contributed by atoms with Crippen LogP contribution in [-0.4, -0.2) is 39.7 Å². The number of aromatic carboxylic acids is 1. The maximum absolute atomic E-state index is 12.3. The molecule has 0 unspecified atom stereocenters. The van der Waals surface area contributed by atoms with Crippen molar-refractivity contribution in [3.05, 3.63) is 22.8 Å². The van der Waals surface area contributed by atoms with E-state index in [1.165, 1.54) is 13.8 Å². The van der Waals surface area contributed by atoms with E-state index in [0.29, 0.717) is 5.82 Å². The van der Waals surface area contributed by atoms with Gasteiger partial charge in [-0.05, 0) is 20.8 Å². The highest BCUT2D eigenvalue weighted by atomic mass is 32.2. The minimum absolute atomic E-state index is 0.0978. The first-order valence-corrected chi connectivity index (χ1v) is 7.05. The molecule has 20 heavy (non-hydrogen) atoms. The Morgan fingerprint density at radius 3 is 2.40 bits per heavy atom. The van der Waals surface area contributed by atoms with Gasteiger partial charge in [-0.2, -0.15) is 4.98 Å². The number of H-pyrrole nitrogens is 2. The second-order valence-corrected chi connectivity index (χ2v) is 5.85. The van der Waals surface area contributed by atoms with Crippen molar-refractivity contribution in [3.8, 4) is 0 Å². The average molecular weight is 299 g/mol. The molecule has 0 aliphatic rings. The average Bonchev–Trinajstić information content (AvgIpc) is 2.82. The molecule has 0 amide bonds. The van der Waals surface area contributed by atoms with Crippen molar-refractivity contribution in [2.24, 2.45) is 0 Å². The summed E-state index contributed by atoms with van der Waals surface area (Å²) in [6.07, 6.45) is 0. The third-order valence-corrected chi connectivity index (χ3v) is 4.28. The lowest BCUT2D eigenvalue weighted by Crippen LogP contribution is -2.15. The van der Waals surface area contributed by atoms with Gasteiger partial charge in [-0.15, -0.1) is 5.10 Å². The number of aromatic amines is 2. The Kier molecular flexibility index (Phi) is 3.26. The standard InChI is InChI=1S/C10H13N5O4S/c1-4-7(9(16)17)11-5(2)8(4)20(18,19)15-10-12-6(3)13-14-10/h11H,1-3H3,(H,16,17)(H2,12,13,14,15). The van der Waals surface area contributed by atoms with Crippen LogP contribution in [0.15, 0.2) is 4.90 Å². The highest BCUT2D eigenvalue weighted by Gasteiger charge is 2.27. The number of carbonyl (C=O) groups is 1. The Labute approximate surface area is 114 Å². The molecule has 0 aliphatic carbocycles. The summed E-state index contributed by atoms with van der Waals surface area (Å²) in [5.74, 6) is -0.864. The Balaban J connectivity index is 2.47. The van der Waals surface area contributed by atoms with Gasteiger partial charge in [0.15, 0.2) is 0 Å². The van der Waals surface area contributed by atoms with Crippen LogP contribution in [0.1, 0.15) is 27.6 Å². The largest absolute Gasteiger partial charge is 0.477 e. The van der Waals surface area contributed by atoms with E-state index in [9.17, 15) is 13.2 Å². The number of aryl methyl sites for hydroxylation is 2. The fraction of sp³-hybridized carbons (Fsp3) is 0.300. The van der Waals surface area contributed by atoms with Crippen LogP contribution in [0.4, 0.5) is 5.95 Å². The molecule has 0 bridgehead atoms. The van der Waals surface area contributed by atoms with Gasteiger partial charge in [0.2, 0.25) is 0 Å². The molecule has 2 rings (SSSR count). The predicted octanol–water partition coefficient (Wildman–Crippen LogP) is 0.557. The molecule has 0 radical (unpaired) electrons. The first kappa shape index (κ1) is 14.1. The number of sulfonamides is 1. The lowest BCUT2D eigenvalue weighted by atomic mass is 10.2. The van der Waals surface area contributed by atoms with Crippen molar-refractivity contribution < 1.29 is 18.3 Å². The first-order valence-electron chi connectivity index (χ1n) is 5.56. The first-order chi connectivity index (χ1) is 9.22. The lowest BCUT2D eigenvalue weighted by molar-refractivity contribution is 0.0690. The van der Waals surface area contributed by atoms with Crippen LogP contribution >= 0.6 is 0 Å². The Morgan fingerprint density at radius 2 is 1.95 bits per heavy atom. The molecule has 0 saturated carbocycles. The summed E-state index contributed by atoms with van der Waals surface area (Å²) in [6.45, 7) is 4.53. The Bertz CT molecular complexity index is 774. The smallest absolute Gasteiger partial charge is 0.352 e. The van der Waals surface area contributed by atoms with E-state index < -0.39 is 16.0 Å². The van der Waals surface area contributed by atoms with Crippen molar-refractivity contribution in [2.45, 2.75) is 25.7 Å². The zero-order valence-corrected chi connectivity index (χ0v) is 11.8. The summed E-state index contributed by atoms with van der Waals surface area (Å²) in [5.41, 5.74) is 0.212. The lowest BCUT2D eigenvalue weighted by Gasteiger charge is -2.05. The summed E-state index contributed by atoms with van der Waals surface area (Å²) in [5, 5.41) is 15.2. The van der Waals surface area contributed by atoms with Crippen molar-refractivity contribution in [2.75, 3.05) is 4.72 Å². The number of hydrogen-bond donors (Lipinski definition) is 4. The highest BCUT2D eigenvalue weighted by Crippen LogP contribution is 2.24. The third-order valence-electron chi connectivity index (χ3n) is 2.67. The second-order valence-electron chi connectivity index (χ2n) is 4.23. The number of carboxylic acid groups (broad SMARTS) is 1. The Hall–Kier alpha value is -2.36. The second kappa shape index (κ2) is 4.63. The SMILES string of the molecule is Cc1nc(NS(=O)(=O)c2c(C)[nH]c(C(=O)O)c2C)n[nH]1. The maximum Gasteiger partial charge on any atom is 0.352 e. The molecule has 0 saturated heterocycles. The topological polar surface area (TPSA) is 141 Å². The van der Waals surface area contributed by atoms with Gasteiger partial charge in [-0.3, -0.25) is 5.10 Å². The molecule has 0 atom stereocenters. The van der Waals surface area contributed by atoms with Gasteiger partial charge in [0, 0.05) is 11.3 Å². The number of aromatic nitrogens is 4. The number of nitrogens with zero attached hydrogens (tertiary/aromatic N) is 2. The molecular weight excluding hydrogens is 286 g/mol. The molecule has 2 aromatic heterocycles. The van der Waals surface area contributed by atoms with Crippen molar-refractivity contribution in [1.29, 1.82) is 0 Å². The fourth-order valence-corrected chi connectivity index (χ4v) is 3.30. The maximum atomic E-state index is 12.3. The molecule has 4 N–H and O–H groups in total. The number of rotatable bonds is 4. The van der Waals surface area contributed by atoms with E-state index in [2.05, 4.69) is 24.9 Å². The van der Waals surface area contributed by atoms with Gasteiger partial charge in [-0.1, -0.05) is 0 Å². The normalized spacial score (nSPS) is 11.6. The summed E-state index contributed by atoms with van der Waals surface area (Å²) >= 11 is 0. The number of hydrogen-bond acceptors (Lipinski definition) is 5. The van der Waals surface area contributed by atoms with E-state index in [0.717, 1.165) is 0 Å². The molecule has 0 aromatic carbocycles. The minimum Gasteiger partial charge on any atom is -0.477 e. The molecule has 10 heteroatoms. The zero-order chi connectivity index (χ0) is 15.1. The number of anilines is 1. The van der Waals surface area contributed by atoms with Crippen LogP contribution in [0.25, 0.3) is 0 Å². The van der Waals surface area contributed by atoms with Crippen LogP contribution < -0.4 is 4.72 Å². The quantitative estimate of drug-likeness (QED) is 0.650. The van der Waals surface area contributed by atoms with Crippen molar-refractivity contribution in [3.63, 3.8) is 0 Å². The number of carboxylic acids is 1. The van der Waals surface area contributed by atoms with Gasteiger partial charge in [0.1, 0.15) is 16.4 Å². The number of nitrogens with one attached hydrogen (secondary N) is 3. The molecular formula is C10H13N5O4S. The fourth-order valence-electron chi connectivity index (χ4n) is 1.91. The molecule has 0 aliphatic heterocycles. The van der Waals surface area contributed by atoms with Crippen LogP contribution in [0.2, 0.25) is 0 Å². The van der Waals surface area contributed by atoms with Gasteiger partial charge in [-0.25, -0.2) is 17.9 Å². The van der Waals surface area contributed by atoms with Gasteiger partial charge in [0.25, 0.3) is 16.0 Å². The molecule has 0 spiro atoms. The van der Waals surface area contributed by atoms with Crippen molar-refractivity contribution in [1.82, 2.24) is 20.2 Å². The summed E-state index contributed by atoms with van der Waals surface area (Å²) in [4.78, 5) is 17.3. The van der Waals surface area contributed by atoms with Crippen LogP contribution in [0.3, 0.4) is 0 Å². The van der Waals surface area contributed by atoms with E-state index in [1.807, 2.05) is 0 Å². The molecule has 2 heterocycles. The van der Waals surface area contributed by atoms with Gasteiger partial charge < -0.3 is 10.1 Å². The van der Waals surface area contributed by atoms with Crippen LogP contribution in [0.5, 0.6) is 0 Å². The predicted molar refractivity (Wildman–Crippen MR) is 69.2 cm³/mol. The molecule has 2 aromatic rings. The van der Waals surface area contributed by atoms with Crippen LogP contribution in [0, 0.1) is 20.8 Å². The zero-order valence-electron chi connectivity index (χ0n) is 11.0. The Morgan fingerprint density at radius 1 is 1.30 bits per heavy atom. The van der Waals surface area contributed by atoms with E-state index in [1.54, 1.807) is 6.92 Å². The molecule has 9 nitrogen and oxygen atoms in total. The summed E-state index contributed by atoms with van der Waals surface area (Å²) < 4.78 is 26.7. The van der Waals surface area contributed by atoms with E-state index in [-0.39, 0.29) is 27.8 Å². The molecule has 0 fully saturated rings. The molecule has 108 valence electrons. The van der Waals surface area contributed by atoms with Gasteiger partial charge >= 0.3 is 5.97 Å². The summed E-state index contributed by atoms with van der Waals surface area (Å²) in [7, 11) is -3.96. The highest BCUT2D eigenvalue weighted by molar-refractivity contribution is 7.92. The monoisotopic (exact) mass is 299 g/mol. The van der Waals surface area contributed by atoms with Gasteiger partial charge in [0.05, 0.1) is 0 Å². The van der Waals surface area contributed by atoms with Crippen LogP contribution in [-0.2, 0) is 10.0 Å². The summed E-state index contributed by atoms with van der Waals surface area (Å²) in [6, 6.07) is 0.